The van der Waals surface area contributed by atoms with Gasteiger partial charge in [-0.15, -0.1) is 0 Å². The van der Waals surface area contributed by atoms with Crippen LogP contribution in [-0.4, -0.2) is 39.7 Å². The Morgan fingerprint density at radius 2 is 1.67 bits per heavy atom. The van der Waals surface area contributed by atoms with Gasteiger partial charge in [-0.3, -0.25) is 0 Å². The molecular formula is C12H18BNO. The molecule has 1 aromatic rings. The molecule has 2 radical (unpaired) electrons. The minimum atomic E-state index is 0.0798. The number of rotatable bonds is 3. The summed E-state index contributed by atoms with van der Waals surface area (Å²) in [5, 5.41) is 0. The predicted molar refractivity (Wildman–Crippen MR) is 65.3 cm³/mol. The topological polar surface area (TPSA) is 20.3 Å². The van der Waals surface area contributed by atoms with Crippen molar-refractivity contribution in [3.8, 4) is 0 Å². The van der Waals surface area contributed by atoms with Gasteiger partial charge in [-0.2, -0.15) is 0 Å². The fourth-order valence-electron chi connectivity index (χ4n) is 0.896. The quantitative estimate of drug-likeness (QED) is 0.695. The van der Waals surface area contributed by atoms with E-state index < -0.39 is 0 Å². The molecule has 0 saturated carbocycles. The summed E-state index contributed by atoms with van der Waals surface area (Å²) in [6, 6.07) is 9.61. The molecule has 0 spiro atoms. The summed E-state index contributed by atoms with van der Waals surface area (Å²) in [7, 11) is 11.2. The zero-order valence-corrected chi connectivity index (χ0v) is 9.73. The molecule has 0 aliphatic heterocycles. The number of ketones is 1. The van der Waals surface area contributed by atoms with E-state index in [0.717, 1.165) is 5.56 Å². The van der Waals surface area contributed by atoms with Gasteiger partial charge in [0, 0.05) is 6.42 Å². The molecule has 0 heterocycles. The largest absolute Gasteiger partial charge is 0.312 e. The standard InChI is InChI=1S/C9H9BO.C3H9N/c10-7-9(11)6-8-4-2-1-3-5-8;1-4(2)3/h1-5H,6-7H2;1-3H3. The van der Waals surface area contributed by atoms with Crippen LogP contribution in [0.4, 0.5) is 0 Å². The Hall–Kier alpha value is -1.09. The van der Waals surface area contributed by atoms with Crippen molar-refractivity contribution in [3.05, 3.63) is 35.9 Å². The lowest BCUT2D eigenvalue weighted by atomic mass is 9.96. The molecule has 0 unspecified atom stereocenters. The van der Waals surface area contributed by atoms with Gasteiger partial charge in [0.15, 0.2) is 0 Å². The molecule has 0 aliphatic carbocycles. The maximum Gasteiger partial charge on any atom is 0.128 e. The Morgan fingerprint density at radius 3 is 2.07 bits per heavy atom. The molecule has 0 aromatic heterocycles. The Labute approximate surface area is 93.7 Å². The number of Topliss-reactive ketones (excluding diaryl/α,β-unsaturated/α-hetero) is 1. The molecule has 2 nitrogen and oxygen atoms in total. The van der Waals surface area contributed by atoms with E-state index in [1.54, 1.807) is 0 Å². The lowest BCUT2D eigenvalue weighted by molar-refractivity contribution is -0.116. The highest BCUT2D eigenvalue weighted by Crippen LogP contribution is 2.00. The molecule has 0 atom stereocenters. The monoisotopic (exact) mass is 203 g/mol. The van der Waals surface area contributed by atoms with Gasteiger partial charge in [0.2, 0.25) is 0 Å². The van der Waals surface area contributed by atoms with Crippen LogP contribution < -0.4 is 0 Å². The number of hydrogen-bond donors (Lipinski definition) is 0. The van der Waals surface area contributed by atoms with E-state index in [1.807, 2.05) is 56.4 Å². The van der Waals surface area contributed by atoms with Crippen LogP contribution in [0.2, 0.25) is 6.32 Å². The fourth-order valence-corrected chi connectivity index (χ4v) is 0.896. The number of benzene rings is 1. The van der Waals surface area contributed by atoms with Gasteiger partial charge < -0.3 is 9.69 Å². The molecule has 0 amide bonds. The Bertz CT molecular complexity index is 269. The normalized spacial score (nSPS) is 9.33. The highest BCUT2D eigenvalue weighted by molar-refractivity contribution is 6.20. The van der Waals surface area contributed by atoms with Gasteiger partial charge in [0.1, 0.15) is 5.78 Å². The van der Waals surface area contributed by atoms with Gasteiger partial charge in [0.05, 0.1) is 7.85 Å². The molecular weight excluding hydrogens is 185 g/mol. The van der Waals surface area contributed by atoms with Crippen LogP contribution in [0.5, 0.6) is 0 Å². The molecule has 15 heavy (non-hydrogen) atoms. The van der Waals surface area contributed by atoms with Crippen LogP contribution in [0.15, 0.2) is 30.3 Å². The Morgan fingerprint density at radius 1 is 1.20 bits per heavy atom. The molecule has 80 valence electrons. The lowest BCUT2D eigenvalue weighted by Crippen LogP contribution is -2.00. The van der Waals surface area contributed by atoms with Crippen molar-refractivity contribution in [1.82, 2.24) is 4.90 Å². The van der Waals surface area contributed by atoms with Crippen LogP contribution in [0.3, 0.4) is 0 Å². The minimum absolute atomic E-state index is 0.0798. The SMILES string of the molecule is CN(C)C.[B]CC(=O)Cc1ccccc1. The lowest BCUT2D eigenvalue weighted by Gasteiger charge is -1.96. The first-order chi connectivity index (χ1) is 7.06. The van der Waals surface area contributed by atoms with Crippen LogP contribution in [-0.2, 0) is 11.2 Å². The molecule has 1 rings (SSSR count). The Balaban J connectivity index is 0.000000423. The average Bonchev–Trinajstić information content (AvgIpc) is 2.18. The summed E-state index contributed by atoms with van der Waals surface area (Å²) in [6.07, 6.45) is 0.590. The van der Waals surface area contributed by atoms with Crippen LogP contribution in [0.25, 0.3) is 0 Å². The van der Waals surface area contributed by atoms with Gasteiger partial charge >= 0.3 is 0 Å². The average molecular weight is 203 g/mol. The van der Waals surface area contributed by atoms with Gasteiger partial charge in [0.25, 0.3) is 0 Å². The maximum atomic E-state index is 10.9. The van der Waals surface area contributed by atoms with Crippen molar-refractivity contribution in [2.75, 3.05) is 21.1 Å². The highest BCUT2D eigenvalue weighted by Gasteiger charge is 1.97. The van der Waals surface area contributed by atoms with E-state index in [1.165, 1.54) is 0 Å². The summed E-state index contributed by atoms with van der Waals surface area (Å²) < 4.78 is 0. The van der Waals surface area contributed by atoms with Gasteiger partial charge in [-0.05, 0) is 33.0 Å². The van der Waals surface area contributed by atoms with Crippen molar-refractivity contribution in [2.45, 2.75) is 12.7 Å². The summed E-state index contributed by atoms with van der Waals surface area (Å²) in [4.78, 5) is 12.9. The molecule has 0 bridgehead atoms. The number of hydrogen-bond acceptors (Lipinski definition) is 2. The first kappa shape index (κ1) is 13.9. The first-order valence-electron chi connectivity index (χ1n) is 4.93. The van der Waals surface area contributed by atoms with Crippen molar-refractivity contribution >= 4 is 13.6 Å². The maximum absolute atomic E-state index is 10.9. The Kier molecular flexibility index (Phi) is 7.65. The van der Waals surface area contributed by atoms with E-state index in [0.29, 0.717) is 6.42 Å². The summed E-state index contributed by atoms with van der Waals surface area (Å²) in [5.41, 5.74) is 1.03. The zero-order chi connectivity index (χ0) is 11.7. The summed E-state index contributed by atoms with van der Waals surface area (Å²) >= 11 is 0. The van der Waals surface area contributed by atoms with E-state index >= 15 is 0 Å². The number of carbonyl (C=O) groups is 1. The predicted octanol–water partition coefficient (Wildman–Crippen LogP) is 1.56. The second kappa shape index (κ2) is 8.24. The van der Waals surface area contributed by atoms with Crippen LogP contribution >= 0.6 is 0 Å². The number of carbonyl (C=O) groups excluding carboxylic acids is 1. The van der Waals surface area contributed by atoms with Gasteiger partial charge in [-0.1, -0.05) is 30.3 Å². The molecule has 3 heteroatoms. The van der Waals surface area contributed by atoms with E-state index in [2.05, 4.69) is 0 Å². The number of nitrogens with zero attached hydrogens (tertiary/aromatic N) is 1. The molecule has 0 N–H and O–H groups in total. The fraction of sp³-hybridized carbons (Fsp3) is 0.417. The van der Waals surface area contributed by atoms with Crippen LogP contribution in [0.1, 0.15) is 5.56 Å². The molecule has 0 aliphatic rings. The summed E-state index contributed by atoms with van der Waals surface area (Å²) in [5.74, 6) is 0.0798. The van der Waals surface area contributed by atoms with Crippen molar-refractivity contribution in [1.29, 1.82) is 0 Å². The van der Waals surface area contributed by atoms with Crippen molar-refractivity contribution < 1.29 is 4.79 Å². The van der Waals surface area contributed by atoms with E-state index in [4.69, 9.17) is 7.85 Å². The van der Waals surface area contributed by atoms with Crippen molar-refractivity contribution in [3.63, 3.8) is 0 Å². The molecule has 0 saturated heterocycles. The summed E-state index contributed by atoms with van der Waals surface area (Å²) in [6.45, 7) is 0. The second-order valence-corrected chi connectivity index (χ2v) is 3.75. The zero-order valence-electron chi connectivity index (χ0n) is 9.73. The van der Waals surface area contributed by atoms with Gasteiger partial charge in [-0.25, -0.2) is 0 Å². The third-order valence-electron chi connectivity index (χ3n) is 1.47. The third kappa shape index (κ3) is 9.22. The van der Waals surface area contributed by atoms with E-state index in [-0.39, 0.29) is 12.1 Å². The first-order valence-corrected chi connectivity index (χ1v) is 4.93. The third-order valence-corrected chi connectivity index (χ3v) is 1.47. The highest BCUT2D eigenvalue weighted by atomic mass is 16.1. The smallest absolute Gasteiger partial charge is 0.128 e. The molecule has 1 aromatic carbocycles. The van der Waals surface area contributed by atoms with E-state index in [9.17, 15) is 4.79 Å². The van der Waals surface area contributed by atoms with Crippen LogP contribution in [0, 0.1) is 0 Å². The molecule has 0 fully saturated rings. The minimum Gasteiger partial charge on any atom is -0.312 e. The van der Waals surface area contributed by atoms with Crippen molar-refractivity contribution in [2.24, 2.45) is 0 Å². The second-order valence-electron chi connectivity index (χ2n) is 3.75.